The van der Waals surface area contributed by atoms with Gasteiger partial charge in [0, 0.05) is 22.5 Å². The molecule has 0 spiro atoms. The summed E-state index contributed by atoms with van der Waals surface area (Å²) in [5, 5.41) is 2.99. The summed E-state index contributed by atoms with van der Waals surface area (Å²) in [5.41, 5.74) is 7.35. The molecule has 1 aliphatic heterocycles. The molecular weight excluding hydrogens is 324 g/mol. The number of carbonyl (C=O) groups excluding carboxylic acids is 1. The van der Waals surface area contributed by atoms with Crippen LogP contribution in [0, 0.1) is 0 Å². The highest BCUT2D eigenvalue weighted by atomic mass is 16.5. The van der Waals surface area contributed by atoms with Gasteiger partial charge in [0.05, 0.1) is 18.4 Å². The number of H-pyrrole nitrogens is 1. The predicted molar refractivity (Wildman–Crippen MR) is 106 cm³/mol. The van der Waals surface area contributed by atoms with E-state index in [1.165, 1.54) is 36.1 Å². The van der Waals surface area contributed by atoms with Crippen molar-refractivity contribution in [3.63, 3.8) is 0 Å². The van der Waals surface area contributed by atoms with E-state index in [1.54, 1.807) is 7.11 Å². The zero-order valence-corrected chi connectivity index (χ0v) is 15.6. The Balaban J connectivity index is 1.75. The van der Waals surface area contributed by atoms with Crippen LogP contribution in [0.5, 0.6) is 5.75 Å². The number of unbranched alkanes of at least 4 members (excludes halogenated alkanes) is 1. The topological polar surface area (TPSA) is 54.1 Å². The molecule has 4 nitrogen and oxygen atoms in total. The van der Waals surface area contributed by atoms with Gasteiger partial charge in [0.1, 0.15) is 5.75 Å². The molecule has 1 aromatic carbocycles. The van der Waals surface area contributed by atoms with Crippen LogP contribution in [-0.2, 0) is 24.1 Å². The van der Waals surface area contributed by atoms with Crippen molar-refractivity contribution in [1.29, 1.82) is 0 Å². The number of methoxy groups -OCH3 is 1. The molecule has 0 radical (unpaired) electrons. The van der Waals surface area contributed by atoms with Crippen LogP contribution in [0.15, 0.2) is 18.2 Å². The Hall–Kier alpha value is -2.49. The second-order valence-electron chi connectivity index (χ2n) is 7.23. The SMILES string of the molecule is CCCCc1ccc2c(c1)C(=Cc1[nH]c3c(c1OC)CCCC3)C(=O)N2. The second kappa shape index (κ2) is 7.02. The monoisotopic (exact) mass is 350 g/mol. The van der Waals surface area contributed by atoms with Gasteiger partial charge in [-0.2, -0.15) is 0 Å². The average Bonchev–Trinajstić information content (AvgIpc) is 3.17. The van der Waals surface area contributed by atoms with Crippen molar-refractivity contribution in [2.24, 2.45) is 0 Å². The number of fused-ring (bicyclic) bond motifs is 2. The van der Waals surface area contributed by atoms with E-state index < -0.39 is 0 Å². The summed E-state index contributed by atoms with van der Waals surface area (Å²) in [4.78, 5) is 16.1. The maximum absolute atomic E-state index is 12.6. The Morgan fingerprint density at radius 3 is 2.88 bits per heavy atom. The minimum Gasteiger partial charge on any atom is -0.494 e. The third-order valence-corrected chi connectivity index (χ3v) is 5.45. The summed E-state index contributed by atoms with van der Waals surface area (Å²) in [6.07, 6.45) is 9.84. The summed E-state index contributed by atoms with van der Waals surface area (Å²) >= 11 is 0. The number of aromatic amines is 1. The van der Waals surface area contributed by atoms with Gasteiger partial charge in [-0.1, -0.05) is 19.4 Å². The van der Waals surface area contributed by atoms with Crippen molar-refractivity contribution >= 4 is 23.2 Å². The first kappa shape index (κ1) is 17.0. The minimum atomic E-state index is -0.0396. The fraction of sp³-hybridized carbons (Fsp3) is 0.409. The van der Waals surface area contributed by atoms with Crippen LogP contribution in [0.25, 0.3) is 11.6 Å². The Labute approximate surface area is 154 Å². The number of hydrogen-bond donors (Lipinski definition) is 2. The lowest BCUT2D eigenvalue weighted by atomic mass is 9.97. The number of anilines is 1. The van der Waals surface area contributed by atoms with E-state index in [-0.39, 0.29) is 5.91 Å². The molecular formula is C22H26N2O2. The van der Waals surface area contributed by atoms with Gasteiger partial charge >= 0.3 is 0 Å². The largest absolute Gasteiger partial charge is 0.494 e. The first-order valence-electron chi connectivity index (χ1n) is 9.65. The van der Waals surface area contributed by atoms with E-state index in [1.807, 2.05) is 12.1 Å². The molecule has 1 amide bonds. The molecule has 26 heavy (non-hydrogen) atoms. The Morgan fingerprint density at radius 1 is 1.23 bits per heavy atom. The molecule has 2 aromatic rings. The van der Waals surface area contributed by atoms with E-state index in [4.69, 9.17) is 4.74 Å². The van der Waals surface area contributed by atoms with Gasteiger partial charge in [-0.3, -0.25) is 4.79 Å². The van der Waals surface area contributed by atoms with Crippen LogP contribution in [-0.4, -0.2) is 18.0 Å². The molecule has 1 aliphatic carbocycles. The number of hydrogen-bond acceptors (Lipinski definition) is 2. The standard InChI is InChI=1S/C22H26N2O2/c1-3-4-7-14-10-11-19-16(12-14)17(22(25)24-19)13-20-21(26-2)15-8-5-6-9-18(15)23-20/h10-13,23H,3-9H2,1-2H3,(H,24,25). The third kappa shape index (κ3) is 2.94. The zero-order valence-electron chi connectivity index (χ0n) is 15.6. The fourth-order valence-electron chi connectivity index (χ4n) is 4.07. The van der Waals surface area contributed by atoms with Gasteiger partial charge < -0.3 is 15.0 Å². The van der Waals surface area contributed by atoms with Crippen LogP contribution in [0.4, 0.5) is 5.69 Å². The fourth-order valence-corrected chi connectivity index (χ4v) is 4.07. The summed E-state index contributed by atoms with van der Waals surface area (Å²) < 4.78 is 5.69. The number of rotatable bonds is 5. The summed E-state index contributed by atoms with van der Waals surface area (Å²) in [6, 6.07) is 6.30. The molecule has 1 aromatic heterocycles. The first-order chi connectivity index (χ1) is 12.7. The summed E-state index contributed by atoms with van der Waals surface area (Å²) in [7, 11) is 1.71. The molecule has 0 fully saturated rings. The molecule has 136 valence electrons. The maximum atomic E-state index is 12.6. The van der Waals surface area contributed by atoms with E-state index in [9.17, 15) is 4.79 Å². The molecule has 0 saturated carbocycles. The summed E-state index contributed by atoms with van der Waals surface area (Å²) in [6.45, 7) is 2.20. The van der Waals surface area contributed by atoms with Gasteiger partial charge in [0.15, 0.2) is 0 Å². The predicted octanol–water partition coefficient (Wildman–Crippen LogP) is 4.74. The highest BCUT2D eigenvalue weighted by Crippen LogP contribution is 2.38. The average molecular weight is 350 g/mol. The van der Waals surface area contributed by atoms with Crippen molar-refractivity contribution in [1.82, 2.24) is 4.98 Å². The Morgan fingerprint density at radius 2 is 2.08 bits per heavy atom. The van der Waals surface area contributed by atoms with E-state index >= 15 is 0 Å². The smallest absolute Gasteiger partial charge is 0.256 e. The number of aryl methyl sites for hydroxylation is 2. The maximum Gasteiger partial charge on any atom is 0.256 e. The quantitative estimate of drug-likeness (QED) is 0.766. The van der Waals surface area contributed by atoms with E-state index in [0.29, 0.717) is 0 Å². The molecule has 0 bridgehead atoms. The normalized spacial score (nSPS) is 17.2. The molecule has 0 unspecified atom stereocenters. The van der Waals surface area contributed by atoms with E-state index in [0.717, 1.165) is 54.0 Å². The Kier molecular flexibility index (Phi) is 4.58. The van der Waals surface area contributed by atoms with Crippen LogP contribution in [0.1, 0.15) is 60.7 Å². The number of benzene rings is 1. The molecule has 2 aliphatic rings. The highest BCUT2D eigenvalue weighted by molar-refractivity contribution is 6.35. The molecule has 4 heteroatoms. The third-order valence-electron chi connectivity index (χ3n) is 5.45. The lowest BCUT2D eigenvalue weighted by Gasteiger charge is -2.11. The Bertz CT molecular complexity index is 877. The number of carbonyl (C=O) groups is 1. The van der Waals surface area contributed by atoms with Crippen molar-refractivity contribution < 1.29 is 9.53 Å². The first-order valence-corrected chi connectivity index (χ1v) is 9.65. The van der Waals surface area contributed by atoms with Crippen LogP contribution in [0.2, 0.25) is 0 Å². The van der Waals surface area contributed by atoms with Crippen LogP contribution >= 0.6 is 0 Å². The summed E-state index contributed by atoms with van der Waals surface area (Å²) in [5.74, 6) is 0.859. The van der Waals surface area contributed by atoms with Crippen molar-refractivity contribution in [3.8, 4) is 5.75 Å². The van der Waals surface area contributed by atoms with Crippen molar-refractivity contribution in [2.45, 2.75) is 51.9 Å². The van der Waals surface area contributed by atoms with Crippen LogP contribution in [0.3, 0.4) is 0 Å². The van der Waals surface area contributed by atoms with Gasteiger partial charge in [-0.05, 0) is 62.3 Å². The van der Waals surface area contributed by atoms with Crippen LogP contribution < -0.4 is 10.1 Å². The minimum absolute atomic E-state index is 0.0396. The number of nitrogens with one attached hydrogen (secondary N) is 2. The number of ether oxygens (including phenoxy) is 1. The zero-order chi connectivity index (χ0) is 18.1. The number of amides is 1. The molecule has 0 atom stereocenters. The second-order valence-corrected chi connectivity index (χ2v) is 7.23. The van der Waals surface area contributed by atoms with Crippen molar-refractivity contribution in [3.05, 3.63) is 46.3 Å². The van der Waals surface area contributed by atoms with E-state index in [2.05, 4.69) is 29.4 Å². The highest BCUT2D eigenvalue weighted by Gasteiger charge is 2.26. The number of aromatic nitrogens is 1. The lowest BCUT2D eigenvalue weighted by Crippen LogP contribution is -2.03. The van der Waals surface area contributed by atoms with Gasteiger partial charge in [0.2, 0.25) is 0 Å². The van der Waals surface area contributed by atoms with Crippen molar-refractivity contribution in [2.75, 3.05) is 12.4 Å². The van der Waals surface area contributed by atoms with Gasteiger partial charge in [0.25, 0.3) is 5.91 Å². The molecule has 0 saturated heterocycles. The van der Waals surface area contributed by atoms with Gasteiger partial charge in [-0.25, -0.2) is 0 Å². The van der Waals surface area contributed by atoms with Gasteiger partial charge in [-0.15, -0.1) is 0 Å². The molecule has 2 heterocycles. The molecule has 2 N–H and O–H groups in total. The molecule has 4 rings (SSSR count). The lowest BCUT2D eigenvalue weighted by molar-refractivity contribution is -0.110.